The monoisotopic (exact) mass is 536 g/mol. The summed E-state index contributed by atoms with van der Waals surface area (Å²) in [6, 6.07) is 30.9. The predicted molar refractivity (Wildman–Crippen MR) is 150 cm³/mol. The summed E-state index contributed by atoms with van der Waals surface area (Å²) in [5.41, 5.74) is 2.45. The number of rotatable bonds is 20. The Morgan fingerprint density at radius 3 is 1.28 bits per heavy atom. The Morgan fingerprint density at radius 1 is 0.538 bits per heavy atom. The molecule has 7 nitrogen and oxygen atoms in total. The molecule has 0 spiro atoms. The van der Waals surface area contributed by atoms with Crippen LogP contribution in [0.2, 0.25) is 0 Å². The molecule has 0 aliphatic carbocycles. The molecule has 3 rings (SSSR count). The summed E-state index contributed by atoms with van der Waals surface area (Å²) < 4.78 is 33.7. The highest BCUT2D eigenvalue weighted by Gasteiger charge is 2.37. The fourth-order valence-electron chi connectivity index (χ4n) is 4.17. The van der Waals surface area contributed by atoms with Crippen LogP contribution < -0.4 is 0 Å². The van der Waals surface area contributed by atoms with Gasteiger partial charge in [-0.3, -0.25) is 4.79 Å². The maximum absolute atomic E-state index is 11.2. The molecule has 0 amide bonds. The standard InChI is InChI=1S/C32H40O7/c1-2-38-31(33)18-19-34-20-21-35-22-23-36-24-25-37-26-27-39-32(28-12-6-3-7-13-28,29-14-8-4-9-15-29)30-16-10-5-11-17-30/h3-17H,2,18-27H2,1H3. The van der Waals surface area contributed by atoms with Crippen molar-refractivity contribution in [2.75, 3.05) is 66.1 Å². The van der Waals surface area contributed by atoms with Crippen molar-refractivity contribution in [2.24, 2.45) is 0 Å². The van der Waals surface area contributed by atoms with E-state index in [2.05, 4.69) is 36.4 Å². The third kappa shape index (κ3) is 10.2. The van der Waals surface area contributed by atoms with Crippen molar-refractivity contribution in [2.45, 2.75) is 18.9 Å². The van der Waals surface area contributed by atoms with E-state index in [0.717, 1.165) is 16.7 Å². The summed E-state index contributed by atoms with van der Waals surface area (Å²) in [6.45, 7) is 6.13. The quantitative estimate of drug-likeness (QED) is 0.114. The number of carbonyl (C=O) groups excluding carboxylic acids is 1. The van der Waals surface area contributed by atoms with Gasteiger partial charge in [-0.2, -0.15) is 0 Å². The molecule has 0 fully saturated rings. The van der Waals surface area contributed by atoms with Gasteiger partial charge in [0.05, 0.1) is 72.5 Å². The SMILES string of the molecule is CCOC(=O)CCOCCOCCOCCOCCOC(c1ccccc1)(c1ccccc1)c1ccccc1. The van der Waals surface area contributed by atoms with Crippen LogP contribution in [-0.2, 0) is 38.8 Å². The average molecular weight is 537 g/mol. The van der Waals surface area contributed by atoms with Gasteiger partial charge >= 0.3 is 5.97 Å². The molecule has 3 aromatic carbocycles. The number of carbonyl (C=O) groups is 1. The minimum Gasteiger partial charge on any atom is -0.466 e. The second-order valence-electron chi connectivity index (χ2n) is 8.63. The Kier molecular flexibility index (Phi) is 14.3. The molecule has 39 heavy (non-hydrogen) atoms. The van der Waals surface area contributed by atoms with Crippen molar-refractivity contribution >= 4 is 5.97 Å². The van der Waals surface area contributed by atoms with Gasteiger partial charge in [0, 0.05) is 0 Å². The van der Waals surface area contributed by atoms with E-state index in [-0.39, 0.29) is 12.4 Å². The molecule has 0 aliphatic rings. The summed E-state index contributed by atoms with van der Waals surface area (Å²) in [4.78, 5) is 11.2. The van der Waals surface area contributed by atoms with Gasteiger partial charge in [0.2, 0.25) is 0 Å². The number of ether oxygens (including phenoxy) is 6. The van der Waals surface area contributed by atoms with Crippen LogP contribution in [0.15, 0.2) is 91.0 Å². The van der Waals surface area contributed by atoms with Crippen LogP contribution in [0.4, 0.5) is 0 Å². The second kappa shape index (κ2) is 18.3. The van der Waals surface area contributed by atoms with Gasteiger partial charge in [-0.05, 0) is 23.6 Å². The first kappa shape index (κ1) is 30.5. The summed E-state index contributed by atoms with van der Waals surface area (Å²) >= 11 is 0. The molecule has 0 saturated heterocycles. The zero-order chi connectivity index (χ0) is 27.4. The van der Waals surface area contributed by atoms with Crippen LogP contribution in [0, 0.1) is 0 Å². The fraction of sp³-hybridized carbons (Fsp3) is 0.406. The van der Waals surface area contributed by atoms with Gasteiger partial charge < -0.3 is 28.4 Å². The van der Waals surface area contributed by atoms with E-state index in [1.807, 2.05) is 54.6 Å². The first-order valence-corrected chi connectivity index (χ1v) is 13.5. The number of hydrogen-bond acceptors (Lipinski definition) is 7. The van der Waals surface area contributed by atoms with Gasteiger partial charge in [-0.15, -0.1) is 0 Å². The molecule has 0 bridgehead atoms. The van der Waals surface area contributed by atoms with E-state index in [1.54, 1.807) is 6.92 Å². The van der Waals surface area contributed by atoms with E-state index in [9.17, 15) is 4.79 Å². The van der Waals surface area contributed by atoms with Crippen molar-refractivity contribution in [1.29, 1.82) is 0 Å². The minimum absolute atomic E-state index is 0.247. The lowest BCUT2D eigenvalue weighted by molar-refractivity contribution is -0.144. The Balaban J connectivity index is 1.36. The first-order chi connectivity index (χ1) is 19.3. The summed E-state index contributed by atoms with van der Waals surface area (Å²) in [6.07, 6.45) is 0.258. The molecule has 3 aromatic rings. The van der Waals surface area contributed by atoms with E-state index in [1.165, 1.54) is 0 Å². The maximum atomic E-state index is 11.2. The maximum Gasteiger partial charge on any atom is 0.308 e. The molecule has 210 valence electrons. The molecular formula is C32H40O7. The zero-order valence-corrected chi connectivity index (χ0v) is 22.8. The van der Waals surface area contributed by atoms with Crippen molar-refractivity contribution < 1.29 is 33.2 Å². The number of hydrogen-bond donors (Lipinski definition) is 0. The molecule has 0 unspecified atom stereocenters. The van der Waals surface area contributed by atoms with E-state index >= 15 is 0 Å². The highest BCUT2D eigenvalue weighted by molar-refractivity contribution is 5.69. The fourth-order valence-corrected chi connectivity index (χ4v) is 4.17. The summed E-state index contributed by atoms with van der Waals surface area (Å²) in [7, 11) is 0. The van der Waals surface area contributed by atoms with E-state index in [0.29, 0.717) is 66.1 Å². The van der Waals surface area contributed by atoms with Crippen LogP contribution >= 0.6 is 0 Å². The lowest BCUT2D eigenvalue weighted by Gasteiger charge is -2.36. The van der Waals surface area contributed by atoms with Crippen LogP contribution in [0.3, 0.4) is 0 Å². The highest BCUT2D eigenvalue weighted by atomic mass is 16.6. The third-order valence-electron chi connectivity index (χ3n) is 5.96. The Morgan fingerprint density at radius 2 is 0.897 bits per heavy atom. The van der Waals surface area contributed by atoms with Crippen molar-refractivity contribution in [1.82, 2.24) is 0 Å². The van der Waals surface area contributed by atoms with Crippen molar-refractivity contribution in [3.63, 3.8) is 0 Å². The lowest BCUT2D eigenvalue weighted by Crippen LogP contribution is -2.34. The summed E-state index contributed by atoms with van der Waals surface area (Å²) in [5, 5.41) is 0. The molecule has 0 saturated carbocycles. The van der Waals surface area contributed by atoms with Crippen LogP contribution in [-0.4, -0.2) is 72.0 Å². The topological polar surface area (TPSA) is 72.5 Å². The van der Waals surface area contributed by atoms with E-state index in [4.69, 9.17) is 28.4 Å². The molecule has 0 N–H and O–H groups in total. The Labute approximate surface area is 231 Å². The van der Waals surface area contributed by atoms with Gasteiger partial charge in [-0.1, -0.05) is 91.0 Å². The van der Waals surface area contributed by atoms with Crippen molar-refractivity contribution in [3.05, 3.63) is 108 Å². The van der Waals surface area contributed by atoms with Gasteiger partial charge in [0.25, 0.3) is 0 Å². The minimum atomic E-state index is -0.747. The normalized spacial score (nSPS) is 11.4. The molecule has 0 heterocycles. The Bertz CT molecular complexity index is 931. The number of benzene rings is 3. The van der Waals surface area contributed by atoms with Crippen LogP contribution in [0.25, 0.3) is 0 Å². The molecule has 0 atom stereocenters. The third-order valence-corrected chi connectivity index (χ3v) is 5.96. The van der Waals surface area contributed by atoms with Gasteiger partial charge in [0.1, 0.15) is 5.60 Å². The van der Waals surface area contributed by atoms with Gasteiger partial charge in [-0.25, -0.2) is 0 Å². The highest BCUT2D eigenvalue weighted by Crippen LogP contribution is 2.40. The smallest absolute Gasteiger partial charge is 0.308 e. The average Bonchev–Trinajstić information content (AvgIpc) is 2.99. The summed E-state index contributed by atoms with van der Waals surface area (Å²) in [5.74, 6) is -0.247. The van der Waals surface area contributed by atoms with E-state index < -0.39 is 5.60 Å². The molecule has 0 aliphatic heterocycles. The largest absolute Gasteiger partial charge is 0.466 e. The molecule has 0 aromatic heterocycles. The lowest BCUT2D eigenvalue weighted by atomic mass is 9.80. The second-order valence-corrected chi connectivity index (χ2v) is 8.63. The van der Waals surface area contributed by atoms with Crippen LogP contribution in [0.5, 0.6) is 0 Å². The molecular weight excluding hydrogens is 496 g/mol. The Hall–Kier alpha value is -3.07. The van der Waals surface area contributed by atoms with Crippen LogP contribution in [0.1, 0.15) is 30.0 Å². The molecule has 7 heteroatoms. The predicted octanol–water partition coefficient (Wildman–Crippen LogP) is 5.01. The molecule has 0 radical (unpaired) electrons. The van der Waals surface area contributed by atoms with Crippen molar-refractivity contribution in [3.8, 4) is 0 Å². The number of esters is 1. The van der Waals surface area contributed by atoms with Gasteiger partial charge in [0.15, 0.2) is 0 Å². The zero-order valence-electron chi connectivity index (χ0n) is 22.8. The first-order valence-electron chi connectivity index (χ1n) is 13.5.